The Morgan fingerprint density at radius 1 is 1.20 bits per heavy atom. The molecular formula is C16H15N3O4S2. The predicted molar refractivity (Wildman–Crippen MR) is 95.4 cm³/mol. The summed E-state index contributed by atoms with van der Waals surface area (Å²) >= 11 is 0.940. The van der Waals surface area contributed by atoms with E-state index in [2.05, 4.69) is 13.5 Å². The van der Waals surface area contributed by atoms with Crippen LogP contribution in [0.2, 0.25) is 0 Å². The molecule has 0 saturated carbocycles. The van der Waals surface area contributed by atoms with Gasteiger partial charge in [0, 0.05) is 0 Å². The number of hydrogen-bond donors (Lipinski definition) is 1. The van der Waals surface area contributed by atoms with Crippen molar-refractivity contribution >= 4 is 44.4 Å². The fraction of sp³-hybridized carbons (Fsp3) is 0.188. The Bertz CT molecular complexity index is 1040. The minimum absolute atomic E-state index is 0.00932. The molecule has 1 N–H and O–H groups in total. The number of rotatable bonds is 5. The largest absolute Gasteiger partial charge is 0.462 e. The number of esters is 1. The van der Waals surface area contributed by atoms with Gasteiger partial charge in [0.15, 0.2) is 0 Å². The molecule has 0 amide bonds. The van der Waals surface area contributed by atoms with Crippen molar-refractivity contribution in [2.24, 2.45) is 0 Å². The molecule has 0 aliphatic heterocycles. The second kappa shape index (κ2) is 6.77. The van der Waals surface area contributed by atoms with Crippen molar-refractivity contribution in [1.82, 2.24) is 8.75 Å². The summed E-state index contributed by atoms with van der Waals surface area (Å²) in [5.74, 6) is -0.577. The third kappa shape index (κ3) is 3.33. The molecule has 0 spiro atoms. The molecule has 0 aliphatic carbocycles. The number of ether oxygens (including phenoxy) is 1. The normalized spacial score (nSPS) is 11.4. The van der Waals surface area contributed by atoms with Crippen LogP contribution in [0.15, 0.2) is 41.3 Å². The number of aromatic nitrogens is 2. The van der Waals surface area contributed by atoms with Crippen LogP contribution in [0, 0.1) is 6.92 Å². The van der Waals surface area contributed by atoms with Crippen LogP contribution < -0.4 is 4.72 Å². The van der Waals surface area contributed by atoms with E-state index in [-0.39, 0.29) is 22.8 Å². The molecule has 7 nitrogen and oxygen atoms in total. The number of aryl methyl sites for hydroxylation is 1. The molecule has 25 heavy (non-hydrogen) atoms. The van der Waals surface area contributed by atoms with Gasteiger partial charge >= 0.3 is 5.97 Å². The molecule has 9 heteroatoms. The highest BCUT2D eigenvalue weighted by molar-refractivity contribution is 7.93. The zero-order chi connectivity index (χ0) is 18.0. The van der Waals surface area contributed by atoms with Crippen molar-refractivity contribution < 1.29 is 17.9 Å². The third-order valence-corrected chi connectivity index (χ3v) is 5.47. The van der Waals surface area contributed by atoms with E-state index in [1.54, 1.807) is 38.1 Å². The molecule has 2 aromatic carbocycles. The first kappa shape index (κ1) is 17.3. The second-order valence-electron chi connectivity index (χ2n) is 5.21. The van der Waals surface area contributed by atoms with Crippen molar-refractivity contribution in [3.63, 3.8) is 0 Å². The standard InChI is InChI=1S/C16H15N3O4S2/c1-3-23-16(20)14-10(2)6-4-7-11(14)19-25(21,22)13-9-5-8-12-15(13)18-24-17-12/h4-9,19H,3H2,1-2H3. The highest BCUT2D eigenvalue weighted by Gasteiger charge is 2.23. The van der Waals surface area contributed by atoms with Crippen LogP contribution in [0.4, 0.5) is 5.69 Å². The van der Waals surface area contributed by atoms with E-state index in [0.717, 1.165) is 11.7 Å². The second-order valence-corrected chi connectivity index (χ2v) is 7.39. The van der Waals surface area contributed by atoms with Gasteiger partial charge in [-0.1, -0.05) is 18.2 Å². The van der Waals surface area contributed by atoms with Gasteiger partial charge in [0.05, 0.1) is 29.6 Å². The summed E-state index contributed by atoms with van der Waals surface area (Å²) in [6.07, 6.45) is 0. The van der Waals surface area contributed by atoms with Gasteiger partial charge in [-0.3, -0.25) is 4.72 Å². The predicted octanol–water partition coefficient (Wildman–Crippen LogP) is 2.98. The van der Waals surface area contributed by atoms with Gasteiger partial charge < -0.3 is 4.74 Å². The van der Waals surface area contributed by atoms with Crippen molar-refractivity contribution in [1.29, 1.82) is 0 Å². The molecule has 3 rings (SSSR count). The SMILES string of the molecule is CCOC(=O)c1c(C)cccc1NS(=O)(=O)c1cccc2nsnc12. The number of benzene rings is 2. The summed E-state index contributed by atoms with van der Waals surface area (Å²) in [5, 5.41) is 0. The Labute approximate surface area is 149 Å². The van der Waals surface area contributed by atoms with E-state index in [4.69, 9.17) is 4.74 Å². The first-order chi connectivity index (χ1) is 11.9. The minimum Gasteiger partial charge on any atom is -0.462 e. The monoisotopic (exact) mass is 377 g/mol. The van der Waals surface area contributed by atoms with Crippen LogP contribution in [0.25, 0.3) is 11.0 Å². The van der Waals surface area contributed by atoms with E-state index >= 15 is 0 Å². The number of carbonyl (C=O) groups is 1. The molecule has 3 aromatic rings. The van der Waals surface area contributed by atoms with Crippen molar-refractivity contribution in [2.75, 3.05) is 11.3 Å². The van der Waals surface area contributed by atoms with Crippen LogP contribution in [0.3, 0.4) is 0 Å². The highest BCUT2D eigenvalue weighted by Crippen LogP contribution is 2.27. The Balaban J connectivity index is 2.06. The van der Waals surface area contributed by atoms with E-state index in [0.29, 0.717) is 16.6 Å². The van der Waals surface area contributed by atoms with Crippen LogP contribution >= 0.6 is 11.7 Å². The van der Waals surface area contributed by atoms with E-state index in [9.17, 15) is 13.2 Å². The Kier molecular flexibility index (Phi) is 4.69. The third-order valence-electron chi connectivity index (χ3n) is 3.54. The summed E-state index contributed by atoms with van der Waals surface area (Å²) in [5.41, 5.74) is 1.77. The fourth-order valence-corrected chi connectivity index (χ4v) is 4.26. The maximum atomic E-state index is 12.8. The Hall–Kier alpha value is -2.52. The van der Waals surface area contributed by atoms with Gasteiger partial charge in [-0.15, -0.1) is 0 Å². The average Bonchev–Trinajstić information content (AvgIpc) is 3.03. The molecule has 0 unspecified atom stereocenters. The first-order valence-corrected chi connectivity index (χ1v) is 9.66. The maximum Gasteiger partial charge on any atom is 0.340 e. The molecule has 1 heterocycles. The van der Waals surface area contributed by atoms with E-state index in [1.807, 2.05) is 0 Å². The van der Waals surface area contributed by atoms with E-state index < -0.39 is 16.0 Å². The van der Waals surface area contributed by atoms with Crippen LogP contribution in [-0.4, -0.2) is 29.7 Å². The number of hydrogen-bond acceptors (Lipinski definition) is 7. The maximum absolute atomic E-state index is 12.8. The summed E-state index contributed by atoms with van der Waals surface area (Å²) in [4.78, 5) is 12.2. The van der Waals surface area contributed by atoms with Gasteiger partial charge in [0.1, 0.15) is 15.9 Å². The summed E-state index contributed by atoms with van der Waals surface area (Å²) < 4.78 is 41.3. The van der Waals surface area contributed by atoms with Crippen molar-refractivity contribution in [3.8, 4) is 0 Å². The molecule has 0 aliphatic rings. The molecule has 1 aromatic heterocycles. The molecule has 0 fully saturated rings. The highest BCUT2D eigenvalue weighted by atomic mass is 32.2. The topological polar surface area (TPSA) is 98.2 Å². The first-order valence-electron chi connectivity index (χ1n) is 7.45. The summed E-state index contributed by atoms with van der Waals surface area (Å²) in [7, 11) is -3.95. The number of carbonyl (C=O) groups excluding carboxylic acids is 1. The number of nitrogens with zero attached hydrogens (tertiary/aromatic N) is 2. The van der Waals surface area contributed by atoms with Gasteiger partial charge in [0.2, 0.25) is 0 Å². The number of fused-ring (bicyclic) bond motifs is 1. The molecule has 0 radical (unpaired) electrons. The lowest BCUT2D eigenvalue weighted by Gasteiger charge is -2.14. The molecule has 130 valence electrons. The van der Waals surface area contributed by atoms with Crippen LogP contribution in [0.1, 0.15) is 22.8 Å². The molecule has 0 saturated heterocycles. The lowest BCUT2D eigenvalue weighted by atomic mass is 10.1. The van der Waals surface area contributed by atoms with Crippen LogP contribution in [-0.2, 0) is 14.8 Å². The van der Waals surface area contributed by atoms with Gasteiger partial charge in [0.25, 0.3) is 10.0 Å². The minimum atomic E-state index is -3.95. The van der Waals surface area contributed by atoms with Gasteiger partial charge in [-0.05, 0) is 37.6 Å². The number of sulfonamides is 1. The van der Waals surface area contributed by atoms with Crippen LogP contribution in [0.5, 0.6) is 0 Å². The fourth-order valence-electron chi connectivity index (χ4n) is 2.42. The molecule has 0 bridgehead atoms. The van der Waals surface area contributed by atoms with Crippen molar-refractivity contribution in [3.05, 3.63) is 47.5 Å². The zero-order valence-electron chi connectivity index (χ0n) is 13.5. The summed E-state index contributed by atoms with van der Waals surface area (Å²) in [6.45, 7) is 3.61. The number of anilines is 1. The Morgan fingerprint density at radius 2 is 1.96 bits per heavy atom. The zero-order valence-corrected chi connectivity index (χ0v) is 15.1. The number of nitrogens with one attached hydrogen (secondary N) is 1. The lowest BCUT2D eigenvalue weighted by Crippen LogP contribution is -2.17. The quantitative estimate of drug-likeness (QED) is 0.687. The molecular weight excluding hydrogens is 362 g/mol. The smallest absolute Gasteiger partial charge is 0.340 e. The summed E-state index contributed by atoms with van der Waals surface area (Å²) in [6, 6.07) is 9.65. The van der Waals surface area contributed by atoms with Crippen molar-refractivity contribution in [2.45, 2.75) is 18.7 Å². The Morgan fingerprint density at radius 3 is 2.72 bits per heavy atom. The van der Waals surface area contributed by atoms with E-state index in [1.165, 1.54) is 12.1 Å². The molecule has 0 atom stereocenters. The lowest BCUT2D eigenvalue weighted by molar-refractivity contribution is 0.0527. The van der Waals surface area contributed by atoms with Gasteiger partial charge in [-0.25, -0.2) is 13.2 Å². The average molecular weight is 377 g/mol. The van der Waals surface area contributed by atoms with Gasteiger partial charge in [-0.2, -0.15) is 8.75 Å².